The number of anilines is 1. The Morgan fingerprint density at radius 2 is 1.96 bits per heavy atom. The number of carbonyl (C=O) groups is 1. The molecule has 0 fully saturated rings. The van der Waals surface area contributed by atoms with Gasteiger partial charge >= 0.3 is 5.97 Å². The Labute approximate surface area is 139 Å². The predicted octanol–water partition coefficient (Wildman–Crippen LogP) is 2.75. The quantitative estimate of drug-likeness (QED) is 0.800. The van der Waals surface area contributed by atoms with Crippen LogP contribution >= 0.6 is 0 Å². The van der Waals surface area contributed by atoms with Gasteiger partial charge in [-0.15, -0.1) is 0 Å². The van der Waals surface area contributed by atoms with E-state index in [0.29, 0.717) is 12.1 Å². The molecule has 0 amide bonds. The Morgan fingerprint density at radius 3 is 2.71 bits per heavy atom. The number of ether oxygens (including phenoxy) is 1. The summed E-state index contributed by atoms with van der Waals surface area (Å²) in [6, 6.07) is 10.3. The smallest absolute Gasteiger partial charge is 0.337 e. The van der Waals surface area contributed by atoms with Crippen LogP contribution in [0.25, 0.3) is 0 Å². The van der Waals surface area contributed by atoms with Crippen LogP contribution in [-0.2, 0) is 21.2 Å². The molecule has 3 rings (SSSR count). The molecule has 0 aromatic heterocycles. The SMILES string of the molecule is COC(=O)c1ccc(F)c(S(=O)(=O)N2CCCc3ccccc32)c1. The molecule has 24 heavy (non-hydrogen) atoms. The lowest BCUT2D eigenvalue weighted by molar-refractivity contribution is 0.0600. The minimum absolute atomic E-state index is 0.0113. The van der Waals surface area contributed by atoms with Crippen LogP contribution in [0.5, 0.6) is 0 Å². The van der Waals surface area contributed by atoms with E-state index in [1.807, 2.05) is 12.1 Å². The average molecular weight is 349 g/mol. The number of sulfonamides is 1. The number of fused-ring (bicyclic) bond motifs is 1. The molecule has 126 valence electrons. The molecule has 0 spiro atoms. The van der Waals surface area contributed by atoms with Crippen LogP contribution in [-0.4, -0.2) is 28.0 Å². The first-order valence-electron chi connectivity index (χ1n) is 7.43. The Balaban J connectivity index is 2.11. The van der Waals surface area contributed by atoms with Crippen LogP contribution in [0.4, 0.5) is 10.1 Å². The highest BCUT2D eigenvalue weighted by Crippen LogP contribution is 2.32. The zero-order valence-electron chi connectivity index (χ0n) is 13.0. The van der Waals surface area contributed by atoms with Gasteiger partial charge in [-0.25, -0.2) is 17.6 Å². The van der Waals surface area contributed by atoms with E-state index in [-0.39, 0.29) is 12.1 Å². The molecule has 0 atom stereocenters. The second-order valence-corrected chi connectivity index (χ2v) is 7.28. The molecule has 2 aromatic carbocycles. The largest absolute Gasteiger partial charge is 0.465 e. The second-order valence-electron chi connectivity index (χ2n) is 5.45. The lowest BCUT2D eigenvalue weighted by atomic mass is 10.0. The molecule has 1 aliphatic rings. The van der Waals surface area contributed by atoms with Crippen molar-refractivity contribution in [1.82, 2.24) is 0 Å². The zero-order chi connectivity index (χ0) is 17.3. The topological polar surface area (TPSA) is 63.7 Å². The van der Waals surface area contributed by atoms with Crippen molar-refractivity contribution in [3.05, 3.63) is 59.4 Å². The van der Waals surface area contributed by atoms with E-state index in [2.05, 4.69) is 4.74 Å². The normalized spacial score (nSPS) is 14.2. The van der Waals surface area contributed by atoms with Gasteiger partial charge in [0.05, 0.1) is 18.4 Å². The molecular weight excluding hydrogens is 333 g/mol. The van der Waals surface area contributed by atoms with E-state index in [4.69, 9.17) is 0 Å². The third-order valence-electron chi connectivity index (χ3n) is 3.99. The number of para-hydroxylation sites is 1. The fraction of sp³-hybridized carbons (Fsp3) is 0.235. The molecular formula is C17H16FNO4S. The summed E-state index contributed by atoms with van der Waals surface area (Å²) < 4.78 is 45.9. The summed E-state index contributed by atoms with van der Waals surface area (Å²) in [5.74, 6) is -1.61. The Kier molecular flexibility index (Phi) is 4.28. The van der Waals surface area contributed by atoms with Gasteiger partial charge in [0.15, 0.2) is 0 Å². The van der Waals surface area contributed by atoms with Crippen LogP contribution in [0.3, 0.4) is 0 Å². The fourth-order valence-corrected chi connectivity index (χ4v) is 4.45. The number of nitrogens with zero attached hydrogens (tertiary/aromatic N) is 1. The van der Waals surface area contributed by atoms with Crippen molar-refractivity contribution in [2.75, 3.05) is 18.0 Å². The fourth-order valence-electron chi connectivity index (χ4n) is 2.81. The van der Waals surface area contributed by atoms with Crippen molar-refractivity contribution >= 4 is 21.7 Å². The maximum atomic E-state index is 14.2. The van der Waals surface area contributed by atoms with Gasteiger partial charge in [-0.2, -0.15) is 0 Å². The zero-order valence-corrected chi connectivity index (χ0v) is 13.8. The van der Waals surface area contributed by atoms with Crippen LogP contribution in [0, 0.1) is 5.82 Å². The van der Waals surface area contributed by atoms with E-state index >= 15 is 0 Å². The molecule has 7 heteroatoms. The summed E-state index contributed by atoms with van der Waals surface area (Å²) >= 11 is 0. The molecule has 0 unspecified atom stereocenters. The molecule has 0 radical (unpaired) electrons. The first kappa shape index (κ1) is 16.4. The highest BCUT2D eigenvalue weighted by atomic mass is 32.2. The van der Waals surface area contributed by atoms with Crippen molar-refractivity contribution in [2.45, 2.75) is 17.7 Å². The summed E-state index contributed by atoms with van der Waals surface area (Å²) in [4.78, 5) is 11.1. The van der Waals surface area contributed by atoms with Crippen LogP contribution in [0.15, 0.2) is 47.4 Å². The highest BCUT2D eigenvalue weighted by molar-refractivity contribution is 7.92. The molecule has 5 nitrogen and oxygen atoms in total. The number of methoxy groups -OCH3 is 1. The van der Waals surface area contributed by atoms with Crippen molar-refractivity contribution in [1.29, 1.82) is 0 Å². The van der Waals surface area contributed by atoms with Crippen LogP contribution in [0.2, 0.25) is 0 Å². The number of hydrogen-bond donors (Lipinski definition) is 0. The number of benzene rings is 2. The van der Waals surface area contributed by atoms with Crippen LogP contribution < -0.4 is 4.31 Å². The monoisotopic (exact) mass is 349 g/mol. The first-order chi connectivity index (χ1) is 11.4. The van der Waals surface area contributed by atoms with Crippen LogP contribution in [0.1, 0.15) is 22.3 Å². The number of rotatable bonds is 3. The predicted molar refractivity (Wildman–Crippen MR) is 87.0 cm³/mol. The van der Waals surface area contributed by atoms with Gasteiger partial charge in [-0.1, -0.05) is 18.2 Å². The summed E-state index contributed by atoms with van der Waals surface area (Å²) in [7, 11) is -2.94. The standard InChI is InChI=1S/C17H16FNO4S/c1-23-17(20)13-8-9-14(18)16(11-13)24(21,22)19-10-4-6-12-5-2-3-7-15(12)19/h2-3,5,7-9,11H,4,6,10H2,1H3. The minimum Gasteiger partial charge on any atom is -0.465 e. The lowest BCUT2D eigenvalue weighted by Gasteiger charge is -2.30. The van der Waals surface area contributed by atoms with Crippen molar-refractivity contribution in [2.24, 2.45) is 0 Å². The molecule has 0 saturated heterocycles. The van der Waals surface area contributed by atoms with Gasteiger partial charge < -0.3 is 4.74 Å². The van der Waals surface area contributed by atoms with Gasteiger partial charge in [0.2, 0.25) is 0 Å². The lowest BCUT2D eigenvalue weighted by Crippen LogP contribution is -2.36. The molecule has 0 N–H and O–H groups in total. The Hall–Kier alpha value is -2.41. The molecule has 2 aromatic rings. The number of hydrogen-bond acceptors (Lipinski definition) is 4. The Bertz CT molecular complexity index is 895. The van der Waals surface area contributed by atoms with E-state index in [0.717, 1.165) is 24.1 Å². The maximum Gasteiger partial charge on any atom is 0.337 e. The van der Waals surface area contributed by atoms with Gasteiger partial charge in [0.1, 0.15) is 10.7 Å². The number of halogens is 1. The molecule has 0 saturated carbocycles. The van der Waals surface area contributed by atoms with Crippen molar-refractivity contribution in [3.63, 3.8) is 0 Å². The van der Waals surface area contributed by atoms with E-state index in [1.165, 1.54) is 17.5 Å². The van der Waals surface area contributed by atoms with Gasteiger partial charge in [-0.3, -0.25) is 4.31 Å². The van der Waals surface area contributed by atoms with Crippen molar-refractivity contribution in [3.8, 4) is 0 Å². The molecule has 0 aliphatic carbocycles. The highest BCUT2D eigenvalue weighted by Gasteiger charge is 2.31. The molecule has 1 aliphatic heterocycles. The summed E-state index contributed by atoms with van der Waals surface area (Å²) in [6.45, 7) is 0.265. The number of esters is 1. The first-order valence-corrected chi connectivity index (χ1v) is 8.87. The Morgan fingerprint density at radius 1 is 1.21 bits per heavy atom. The number of aryl methyl sites for hydroxylation is 1. The third kappa shape index (κ3) is 2.75. The minimum atomic E-state index is -4.12. The molecule has 1 heterocycles. The van der Waals surface area contributed by atoms with Gasteiger partial charge in [0, 0.05) is 6.54 Å². The second kappa shape index (κ2) is 6.24. The average Bonchev–Trinajstić information content (AvgIpc) is 2.60. The van der Waals surface area contributed by atoms with E-state index < -0.39 is 26.7 Å². The third-order valence-corrected chi connectivity index (χ3v) is 5.82. The van der Waals surface area contributed by atoms with Gasteiger partial charge in [-0.05, 0) is 42.7 Å². The molecule has 0 bridgehead atoms. The summed E-state index contributed by atoms with van der Waals surface area (Å²) in [6.07, 6.45) is 1.42. The van der Waals surface area contributed by atoms with Gasteiger partial charge in [0.25, 0.3) is 10.0 Å². The summed E-state index contributed by atoms with van der Waals surface area (Å²) in [5, 5.41) is 0. The summed E-state index contributed by atoms with van der Waals surface area (Å²) in [5.41, 5.74) is 1.44. The number of carbonyl (C=O) groups excluding carboxylic acids is 1. The van der Waals surface area contributed by atoms with E-state index in [9.17, 15) is 17.6 Å². The van der Waals surface area contributed by atoms with Crippen molar-refractivity contribution < 1.29 is 22.3 Å². The van der Waals surface area contributed by atoms with E-state index in [1.54, 1.807) is 12.1 Å². The maximum absolute atomic E-state index is 14.2.